The van der Waals surface area contributed by atoms with Crippen LogP contribution < -0.4 is 5.32 Å². The zero-order valence-electron chi connectivity index (χ0n) is 9.77. The number of nitrogens with one attached hydrogen (secondary N) is 1. The molecule has 0 bridgehead atoms. The SMILES string of the molecule is Cc1ccc(NC(=O)c2cccc(S)c2)c(Cl)c1. The van der Waals surface area contributed by atoms with Crippen molar-refractivity contribution < 1.29 is 4.79 Å². The number of carbonyl (C=O) groups excluding carboxylic acids is 1. The van der Waals surface area contributed by atoms with E-state index < -0.39 is 0 Å². The van der Waals surface area contributed by atoms with Crippen molar-refractivity contribution in [2.24, 2.45) is 0 Å². The minimum atomic E-state index is -0.198. The van der Waals surface area contributed by atoms with E-state index in [1.807, 2.05) is 25.1 Å². The molecule has 0 fully saturated rings. The van der Waals surface area contributed by atoms with Crippen LogP contribution in [0.3, 0.4) is 0 Å². The largest absolute Gasteiger partial charge is 0.321 e. The van der Waals surface area contributed by atoms with E-state index in [0.717, 1.165) is 10.5 Å². The van der Waals surface area contributed by atoms with Gasteiger partial charge >= 0.3 is 0 Å². The molecule has 0 saturated carbocycles. The van der Waals surface area contributed by atoms with Crippen LogP contribution in [0.2, 0.25) is 5.02 Å². The molecule has 2 aromatic carbocycles. The minimum absolute atomic E-state index is 0.198. The number of hydrogen-bond acceptors (Lipinski definition) is 2. The topological polar surface area (TPSA) is 29.1 Å². The first-order valence-corrected chi connectivity index (χ1v) is 6.25. The fourth-order valence-electron chi connectivity index (χ4n) is 1.56. The average Bonchev–Trinajstić information content (AvgIpc) is 2.32. The molecule has 18 heavy (non-hydrogen) atoms. The van der Waals surface area contributed by atoms with Gasteiger partial charge in [-0.2, -0.15) is 0 Å². The van der Waals surface area contributed by atoms with E-state index in [2.05, 4.69) is 17.9 Å². The third kappa shape index (κ3) is 3.06. The summed E-state index contributed by atoms with van der Waals surface area (Å²) in [6, 6.07) is 12.5. The molecule has 2 aromatic rings. The maximum absolute atomic E-state index is 12.0. The molecule has 2 rings (SSSR count). The van der Waals surface area contributed by atoms with Crippen LogP contribution in [0.4, 0.5) is 5.69 Å². The smallest absolute Gasteiger partial charge is 0.255 e. The number of carbonyl (C=O) groups is 1. The molecule has 2 nitrogen and oxygen atoms in total. The number of rotatable bonds is 2. The van der Waals surface area contributed by atoms with Crippen LogP contribution in [0.25, 0.3) is 0 Å². The van der Waals surface area contributed by atoms with Crippen LogP contribution in [-0.4, -0.2) is 5.91 Å². The molecule has 0 unspecified atom stereocenters. The van der Waals surface area contributed by atoms with E-state index in [-0.39, 0.29) is 5.91 Å². The number of thiol groups is 1. The van der Waals surface area contributed by atoms with E-state index in [1.54, 1.807) is 24.3 Å². The Morgan fingerprint density at radius 1 is 1.22 bits per heavy atom. The summed E-state index contributed by atoms with van der Waals surface area (Å²) < 4.78 is 0. The van der Waals surface area contributed by atoms with Crippen LogP contribution >= 0.6 is 24.2 Å². The van der Waals surface area contributed by atoms with Crippen molar-refractivity contribution in [2.45, 2.75) is 11.8 Å². The molecule has 0 atom stereocenters. The first-order valence-electron chi connectivity index (χ1n) is 5.43. The van der Waals surface area contributed by atoms with Crippen LogP contribution in [0.15, 0.2) is 47.4 Å². The molecule has 92 valence electrons. The molecule has 0 radical (unpaired) electrons. The molecule has 4 heteroatoms. The third-order valence-electron chi connectivity index (χ3n) is 2.48. The molecule has 0 spiro atoms. The molecular weight excluding hydrogens is 266 g/mol. The summed E-state index contributed by atoms with van der Waals surface area (Å²) in [5.74, 6) is -0.198. The van der Waals surface area contributed by atoms with Gasteiger partial charge in [0.1, 0.15) is 0 Å². The van der Waals surface area contributed by atoms with Crippen molar-refractivity contribution in [1.82, 2.24) is 0 Å². The summed E-state index contributed by atoms with van der Waals surface area (Å²) in [6.07, 6.45) is 0. The molecular formula is C14H12ClNOS. The van der Waals surface area contributed by atoms with Crippen molar-refractivity contribution in [3.05, 3.63) is 58.6 Å². The van der Waals surface area contributed by atoms with E-state index in [0.29, 0.717) is 16.3 Å². The predicted octanol–water partition coefficient (Wildman–Crippen LogP) is 4.19. The van der Waals surface area contributed by atoms with E-state index in [1.165, 1.54) is 0 Å². The number of aryl methyl sites for hydroxylation is 1. The molecule has 1 N–H and O–H groups in total. The lowest BCUT2D eigenvalue weighted by atomic mass is 10.2. The van der Waals surface area contributed by atoms with Crippen molar-refractivity contribution in [3.8, 4) is 0 Å². The van der Waals surface area contributed by atoms with Crippen LogP contribution in [0, 0.1) is 6.92 Å². The van der Waals surface area contributed by atoms with E-state index in [4.69, 9.17) is 11.6 Å². The van der Waals surface area contributed by atoms with Crippen LogP contribution in [0.5, 0.6) is 0 Å². The second-order valence-electron chi connectivity index (χ2n) is 3.99. The Hall–Kier alpha value is -1.45. The monoisotopic (exact) mass is 277 g/mol. The summed E-state index contributed by atoms with van der Waals surface area (Å²) in [5, 5.41) is 3.31. The Kier molecular flexibility index (Phi) is 3.94. The second-order valence-corrected chi connectivity index (χ2v) is 4.91. The first-order chi connectivity index (χ1) is 8.56. The number of anilines is 1. The average molecular weight is 278 g/mol. The summed E-state index contributed by atoms with van der Waals surface area (Å²) in [6.45, 7) is 1.95. The Morgan fingerprint density at radius 2 is 2.00 bits per heavy atom. The number of amides is 1. The first kappa shape index (κ1) is 13.0. The lowest BCUT2D eigenvalue weighted by Gasteiger charge is -2.08. The molecule has 0 heterocycles. The summed E-state index contributed by atoms with van der Waals surface area (Å²) >= 11 is 10.3. The second kappa shape index (κ2) is 5.46. The molecule has 0 aliphatic carbocycles. The van der Waals surface area contributed by atoms with Crippen molar-refractivity contribution in [3.63, 3.8) is 0 Å². The van der Waals surface area contributed by atoms with Crippen molar-refractivity contribution in [2.75, 3.05) is 5.32 Å². The Morgan fingerprint density at radius 3 is 2.67 bits per heavy atom. The normalized spacial score (nSPS) is 10.2. The zero-order valence-corrected chi connectivity index (χ0v) is 11.4. The molecule has 0 aliphatic heterocycles. The fraction of sp³-hybridized carbons (Fsp3) is 0.0714. The van der Waals surface area contributed by atoms with Gasteiger partial charge in [-0.05, 0) is 42.8 Å². The molecule has 0 aromatic heterocycles. The van der Waals surface area contributed by atoms with Gasteiger partial charge in [-0.15, -0.1) is 12.6 Å². The standard InChI is InChI=1S/C14H12ClNOS/c1-9-5-6-13(12(15)7-9)16-14(17)10-3-2-4-11(18)8-10/h2-8,18H,1H3,(H,16,17). The van der Waals surface area contributed by atoms with Gasteiger partial charge in [0.2, 0.25) is 0 Å². The molecule has 0 saturated heterocycles. The fourth-order valence-corrected chi connectivity index (χ4v) is 2.07. The van der Waals surface area contributed by atoms with Gasteiger partial charge in [0.15, 0.2) is 0 Å². The quantitative estimate of drug-likeness (QED) is 0.792. The summed E-state index contributed by atoms with van der Waals surface area (Å²) in [4.78, 5) is 12.7. The molecule has 1 amide bonds. The van der Waals surface area contributed by atoms with Crippen molar-refractivity contribution >= 4 is 35.8 Å². The lowest BCUT2D eigenvalue weighted by Crippen LogP contribution is -2.12. The predicted molar refractivity (Wildman–Crippen MR) is 77.8 cm³/mol. The number of halogens is 1. The van der Waals surface area contributed by atoms with Crippen LogP contribution in [-0.2, 0) is 0 Å². The van der Waals surface area contributed by atoms with Gasteiger partial charge < -0.3 is 5.32 Å². The van der Waals surface area contributed by atoms with Gasteiger partial charge in [-0.25, -0.2) is 0 Å². The highest BCUT2D eigenvalue weighted by Gasteiger charge is 2.08. The maximum atomic E-state index is 12.0. The van der Waals surface area contributed by atoms with Gasteiger partial charge in [0.05, 0.1) is 10.7 Å². The zero-order chi connectivity index (χ0) is 13.1. The lowest BCUT2D eigenvalue weighted by molar-refractivity contribution is 0.102. The highest BCUT2D eigenvalue weighted by atomic mass is 35.5. The van der Waals surface area contributed by atoms with E-state index >= 15 is 0 Å². The summed E-state index contributed by atoms with van der Waals surface area (Å²) in [7, 11) is 0. The third-order valence-corrected chi connectivity index (χ3v) is 3.07. The van der Waals surface area contributed by atoms with Gasteiger partial charge in [-0.1, -0.05) is 23.7 Å². The van der Waals surface area contributed by atoms with E-state index in [9.17, 15) is 4.79 Å². The van der Waals surface area contributed by atoms with Crippen LogP contribution in [0.1, 0.15) is 15.9 Å². The maximum Gasteiger partial charge on any atom is 0.255 e. The highest BCUT2D eigenvalue weighted by molar-refractivity contribution is 7.80. The molecule has 0 aliphatic rings. The van der Waals surface area contributed by atoms with Crippen molar-refractivity contribution in [1.29, 1.82) is 0 Å². The Labute approximate surface area is 116 Å². The number of benzene rings is 2. The Bertz CT molecular complexity index is 598. The minimum Gasteiger partial charge on any atom is -0.321 e. The Balaban J connectivity index is 2.21. The summed E-state index contributed by atoms with van der Waals surface area (Å²) in [5.41, 5.74) is 2.21. The van der Waals surface area contributed by atoms with Gasteiger partial charge in [0.25, 0.3) is 5.91 Å². The van der Waals surface area contributed by atoms with Gasteiger partial charge in [0, 0.05) is 10.5 Å². The highest BCUT2D eigenvalue weighted by Crippen LogP contribution is 2.23. The number of hydrogen-bond donors (Lipinski definition) is 2. The van der Waals surface area contributed by atoms with Gasteiger partial charge in [-0.3, -0.25) is 4.79 Å².